The van der Waals surface area contributed by atoms with Crippen LogP contribution in [0.3, 0.4) is 0 Å². The highest BCUT2D eigenvalue weighted by atomic mass is 32.1. The molecule has 0 spiro atoms. The van der Waals surface area contributed by atoms with Gasteiger partial charge >= 0.3 is 0 Å². The molecular formula is C11H15NS. The molecule has 1 nitrogen and oxygen atoms in total. The van der Waals surface area contributed by atoms with Crippen LogP contribution in [0.4, 0.5) is 0 Å². The van der Waals surface area contributed by atoms with Crippen molar-refractivity contribution in [3.63, 3.8) is 0 Å². The molecule has 70 valence electrons. The maximum absolute atomic E-state index is 4.22. The van der Waals surface area contributed by atoms with Gasteiger partial charge in [-0.15, -0.1) is 0 Å². The summed E-state index contributed by atoms with van der Waals surface area (Å²) < 4.78 is 0. The molecule has 0 bridgehead atoms. The van der Waals surface area contributed by atoms with Gasteiger partial charge in [0.2, 0.25) is 0 Å². The first-order valence-corrected chi connectivity index (χ1v) is 5.56. The fourth-order valence-electron chi connectivity index (χ4n) is 1.55. The van der Waals surface area contributed by atoms with E-state index in [-0.39, 0.29) is 0 Å². The molecule has 2 rings (SSSR count). The summed E-state index contributed by atoms with van der Waals surface area (Å²) in [6.07, 6.45) is 7.37. The molecule has 0 atom stereocenters. The number of rotatable bonds is 4. The van der Waals surface area contributed by atoms with Gasteiger partial charge in [0.05, 0.1) is 5.69 Å². The fraction of sp³-hybridized carbons (Fsp3) is 0.545. The number of thiol groups is 1. The van der Waals surface area contributed by atoms with Crippen LogP contribution in [-0.2, 0) is 12.2 Å². The average Bonchev–Trinajstić information content (AvgIpc) is 2.99. The quantitative estimate of drug-likeness (QED) is 0.725. The van der Waals surface area contributed by atoms with Gasteiger partial charge in [-0.3, -0.25) is 4.98 Å². The van der Waals surface area contributed by atoms with E-state index in [1.54, 1.807) is 0 Å². The van der Waals surface area contributed by atoms with Crippen molar-refractivity contribution in [3.8, 4) is 0 Å². The molecule has 1 aliphatic carbocycles. The van der Waals surface area contributed by atoms with Crippen molar-refractivity contribution in [2.45, 2.75) is 31.4 Å². The van der Waals surface area contributed by atoms with E-state index in [2.05, 4.69) is 29.7 Å². The first-order valence-electron chi connectivity index (χ1n) is 4.93. The molecule has 1 saturated carbocycles. The number of hydrogen-bond acceptors (Lipinski definition) is 2. The van der Waals surface area contributed by atoms with E-state index in [1.807, 2.05) is 6.20 Å². The van der Waals surface area contributed by atoms with E-state index >= 15 is 0 Å². The minimum absolute atomic E-state index is 0.747. The monoisotopic (exact) mass is 193 g/mol. The maximum atomic E-state index is 4.22. The maximum Gasteiger partial charge on any atom is 0.0502 e. The van der Waals surface area contributed by atoms with E-state index in [1.165, 1.54) is 31.2 Å². The molecule has 1 aromatic heterocycles. The van der Waals surface area contributed by atoms with Crippen molar-refractivity contribution in [1.29, 1.82) is 0 Å². The number of hydrogen-bond donors (Lipinski definition) is 1. The Kier molecular flexibility index (Phi) is 2.89. The molecule has 0 aliphatic heterocycles. The number of nitrogens with zero attached hydrogens (tertiary/aromatic N) is 1. The highest BCUT2D eigenvalue weighted by Gasteiger charge is 2.20. The second-order valence-electron chi connectivity index (χ2n) is 3.80. The zero-order chi connectivity index (χ0) is 9.10. The van der Waals surface area contributed by atoms with Gasteiger partial charge in [0.25, 0.3) is 0 Å². The lowest BCUT2D eigenvalue weighted by molar-refractivity contribution is 0.725. The largest absolute Gasteiger partial charge is 0.260 e. The van der Waals surface area contributed by atoms with E-state index < -0.39 is 0 Å². The van der Waals surface area contributed by atoms with Gasteiger partial charge in [0.15, 0.2) is 0 Å². The molecule has 0 N–H and O–H groups in total. The molecule has 1 aliphatic rings. The summed E-state index contributed by atoms with van der Waals surface area (Å²) in [4.78, 5) is 4.22. The van der Waals surface area contributed by atoms with Gasteiger partial charge in [-0.1, -0.05) is 12.8 Å². The molecule has 13 heavy (non-hydrogen) atoms. The summed E-state index contributed by atoms with van der Waals surface area (Å²) in [5, 5.41) is 0. The van der Waals surface area contributed by atoms with Crippen molar-refractivity contribution < 1.29 is 0 Å². The highest BCUT2D eigenvalue weighted by Crippen LogP contribution is 2.33. The van der Waals surface area contributed by atoms with Crippen LogP contribution >= 0.6 is 12.6 Å². The average molecular weight is 193 g/mol. The second-order valence-corrected chi connectivity index (χ2v) is 4.11. The number of aryl methyl sites for hydroxylation is 1. The third-order valence-electron chi connectivity index (χ3n) is 2.58. The smallest absolute Gasteiger partial charge is 0.0502 e. The van der Waals surface area contributed by atoms with Gasteiger partial charge in [-0.2, -0.15) is 12.6 Å². The van der Waals surface area contributed by atoms with Crippen LogP contribution < -0.4 is 0 Å². The molecular weight excluding hydrogens is 178 g/mol. The summed E-state index contributed by atoms with van der Waals surface area (Å²) in [5.74, 6) is 1.77. The minimum Gasteiger partial charge on any atom is -0.260 e. The van der Waals surface area contributed by atoms with Gasteiger partial charge in [0, 0.05) is 11.9 Å². The van der Waals surface area contributed by atoms with Gasteiger partial charge < -0.3 is 0 Å². The summed E-state index contributed by atoms with van der Waals surface area (Å²) in [6.45, 7) is 0. The Morgan fingerprint density at radius 3 is 3.00 bits per heavy atom. The van der Waals surface area contributed by atoms with Crippen molar-refractivity contribution in [1.82, 2.24) is 4.98 Å². The Morgan fingerprint density at radius 1 is 1.46 bits per heavy atom. The van der Waals surface area contributed by atoms with Crippen LogP contribution in [0, 0.1) is 5.92 Å². The standard InChI is InChI=1S/C11H15NS/c13-8-11-7-10(5-6-12-11)4-3-9-1-2-9/h5-7,9,13H,1-4,8H2. The first-order chi connectivity index (χ1) is 6.38. The van der Waals surface area contributed by atoms with Crippen LogP contribution in [0.1, 0.15) is 30.5 Å². The first kappa shape index (κ1) is 9.07. The third kappa shape index (κ3) is 2.73. The van der Waals surface area contributed by atoms with E-state index in [0.29, 0.717) is 0 Å². The normalized spacial score (nSPS) is 16.1. The van der Waals surface area contributed by atoms with Gasteiger partial charge in [-0.05, 0) is 36.5 Å². The molecule has 0 unspecified atom stereocenters. The molecule has 0 radical (unpaired) electrons. The molecule has 0 saturated heterocycles. The Hall–Kier alpha value is -0.500. The molecule has 1 heterocycles. The second kappa shape index (κ2) is 4.14. The van der Waals surface area contributed by atoms with Crippen molar-refractivity contribution in [3.05, 3.63) is 29.6 Å². The van der Waals surface area contributed by atoms with Crippen LogP contribution in [0.5, 0.6) is 0 Å². The lowest BCUT2D eigenvalue weighted by Gasteiger charge is -2.01. The summed E-state index contributed by atoms with van der Waals surface area (Å²) in [5.41, 5.74) is 2.52. The van der Waals surface area contributed by atoms with E-state index in [0.717, 1.165) is 17.4 Å². The highest BCUT2D eigenvalue weighted by molar-refractivity contribution is 7.79. The Balaban J connectivity index is 1.93. The predicted octanol–water partition coefficient (Wildman–Crippen LogP) is 2.85. The fourth-order valence-corrected chi connectivity index (χ4v) is 1.72. The molecule has 1 aromatic rings. The molecule has 2 heteroatoms. The zero-order valence-electron chi connectivity index (χ0n) is 7.74. The SMILES string of the molecule is SCc1cc(CCC2CC2)ccn1. The van der Waals surface area contributed by atoms with Crippen LogP contribution in [-0.4, -0.2) is 4.98 Å². The summed E-state index contributed by atoms with van der Waals surface area (Å²) in [7, 11) is 0. The minimum atomic E-state index is 0.747. The van der Waals surface area contributed by atoms with E-state index in [4.69, 9.17) is 0 Å². The Bertz CT molecular complexity index is 281. The summed E-state index contributed by atoms with van der Waals surface area (Å²) >= 11 is 4.22. The lowest BCUT2D eigenvalue weighted by atomic mass is 10.1. The molecule has 1 fully saturated rings. The zero-order valence-corrected chi connectivity index (χ0v) is 8.63. The third-order valence-corrected chi connectivity index (χ3v) is 2.91. The van der Waals surface area contributed by atoms with Gasteiger partial charge in [0.1, 0.15) is 0 Å². The van der Waals surface area contributed by atoms with Crippen molar-refractivity contribution in [2.24, 2.45) is 5.92 Å². The van der Waals surface area contributed by atoms with Crippen LogP contribution in [0.15, 0.2) is 18.3 Å². The summed E-state index contributed by atoms with van der Waals surface area (Å²) in [6, 6.07) is 4.30. The number of pyridine rings is 1. The Labute approximate surface area is 85.0 Å². The Morgan fingerprint density at radius 2 is 2.31 bits per heavy atom. The molecule has 0 aromatic carbocycles. The lowest BCUT2D eigenvalue weighted by Crippen LogP contribution is -1.91. The van der Waals surface area contributed by atoms with Gasteiger partial charge in [-0.25, -0.2) is 0 Å². The van der Waals surface area contributed by atoms with Crippen LogP contribution in [0.25, 0.3) is 0 Å². The van der Waals surface area contributed by atoms with Crippen molar-refractivity contribution >= 4 is 12.6 Å². The predicted molar refractivity (Wildman–Crippen MR) is 58.0 cm³/mol. The molecule has 0 amide bonds. The van der Waals surface area contributed by atoms with Crippen LogP contribution in [0.2, 0.25) is 0 Å². The topological polar surface area (TPSA) is 12.9 Å². The van der Waals surface area contributed by atoms with Crippen molar-refractivity contribution in [2.75, 3.05) is 0 Å². The van der Waals surface area contributed by atoms with E-state index in [9.17, 15) is 0 Å². The number of aromatic nitrogens is 1.